The average molecular weight is 446 g/mol. The van der Waals surface area contributed by atoms with Crippen molar-refractivity contribution in [1.29, 1.82) is 0 Å². The Morgan fingerprint density at radius 1 is 1.48 bits per heavy atom. The predicted octanol–water partition coefficient (Wildman–Crippen LogP) is 4.39. The number of methoxy groups -OCH3 is 1. The summed E-state index contributed by atoms with van der Waals surface area (Å²) in [6.07, 6.45) is 2.36. The summed E-state index contributed by atoms with van der Waals surface area (Å²) in [5.74, 6) is 2.55. The van der Waals surface area contributed by atoms with Gasteiger partial charge in [-0.3, -0.25) is 4.79 Å². The lowest BCUT2D eigenvalue weighted by Gasteiger charge is -2.27. The van der Waals surface area contributed by atoms with Crippen LogP contribution < -0.4 is 0 Å². The van der Waals surface area contributed by atoms with E-state index in [1.807, 2.05) is 38.1 Å². The Bertz CT molecular complexity index is 579. The van der Waals surface area contributed by atoms with Crippen LogP contribution in [0.3, 0.4) is 0 Å². The first-order chi connectivity index (χ1) is 10.9. The van der Waals surface area contributed by atoms with Crippen LogP contribution in [0.5, 0.6) is 0 Å². The summed E-state index contributed by atoms with van der Waals surface area (Å²) in [6, 6.07) is 7.99. The number of carbonyl (C=O) groups is 1. The lowest BCUT2D eigenvalue weighted by Crippen LogP contribution is -2.34. The second kappa shape index (κ2) is 10.2. The Labute approximate surface area is 155 Å². The highest BCUT2D eigenvalue weighted by atomic mass is 127. The molecule has 5 heteroatoms. The van der Waals surface area contributed by atoms with E-state index in [0.29, 0.717) is 12.8 Å². The molecule has 0 amide bonds. The number of hydrogen-bond acceptors (Lipinski definition) is 4. The minimum atomic E-state index is -0.657. The molecule has 126 valence electrons. The number of esters is 1. The number of rotatable bonds is 7. The number of benzene rings is 1. The third kappa shape index (κ3) is 6.36. The Morgan fingerprint density at radius 3 is 2.83 bits per heavy atom. The van der Waals surface area contributed by atoms with E-state index < -0.39 is 11.5 Å². The second-order valence-corrected chi connectivity index (χ2v) is 7.46. The van der Waals surface area contributed by atoms with E-state index in [1.54, 1.807) is 0 Å². The van der Waals surface area contributed by atoms with Gasteiger partial charge in [-0.1, -0.05) is 42.2 Å². The highest BCUT2D eigenvalue weighted by molar-refractivity contribution is 14.2. The summed E-state index contributed by atoms with van der Waals surface area (Å²) in [6.45, 7) is 3.94. The smallest absolute Gasteiger partial charge is 0.315 e. The van der Waals surface area contributed by atoms with Gasteiger partial charge in [-0.25, -0.2) is 0 Å². The summed E-state index contributed by atoms with van der Waals surface area (Å²) in [5.41, 5.74) is 1.45. The summed E-state index contributed by atoms with van der Waals surface area (Å²) in [4.78, 5) is 12.3. The molecule has 0 saturated carbocycles. The van der Waals surface area contributed by atoms with Gasteiger partial charge >= 0.3 is 5.97 Å². The fourth-order valence-electron chi connectivity index (χ4n) is 2.56. The van der Waals surface area contributed by atoms with Crippen LogP contribution in [-0.4, -0.2) is 24.3 Å². The topological polar surface area (TPSA) is 46.5 Å². The molecule has 2 unspecified atom stereocenters. The number of ether oxygens (including phenoxy) is 1. The van der Waals surface area contributed by atoms with E-state index in [0.717, 1.165) is 24.0 Å². The van der Waals surface area contributed by atoms with Crippen LogP contribution in [0.1, 0.15) is 43.7 Å². The standard InChI is InChI=1S/C18H23IO3S/c1-14-7-6-8-15(13-14)18(2,17(21)22-3)11-5-4-9-16(20)10-12-23-19/h6-8,13,16,20H,4-5,9,11H2,1-3H3. The molecule has 1 aromatic rings. The quantitative estimate of drug-likeness (QED) is 0.292. The van der Waals surface area contributed by atoms with Crippen LogP contribution in [0.2, 0.25) is 0 Å². The number of aryl methyl sites for hydroxylation is 1. The summed E-state index contributed by atoms with van der Waals surface area (Å²) in [5, 5.41) is 12.5. The highest BCUT2D eigenvalue weighted by Crippen LogP contribution is 2.32. The predicted molar refractivity (Wildman–Crippen MR) is 104 cm³/mol. The van der Waals surface area contributed by atoms with Crippen molar-refractivity contribution in [3.63, 3.8) is 0 Å². The summed E-state index contributed by atoms with van der Waals surface area (Å²) < 4.78 is 5.03. The fourth-order valence-corrected chi connectivity index (χ4v) is 3.12. The normalized spacial score (nSPS) is 14.3. The number of aliphatic hydroxyl groups excluding tert-OH is 1. The monoisotopic (exact) mass is 446 g/mol. The van der Waals surface area contributed by atoms with Gasteiger partial charge in [0.05, 0.1) is 12.5 Å². The minimum absolute atomic E-state index is 0.218. The molecule has 0 radical (unpaired) electrons. The average Bonchev–Trinajstić information content (AvgIpc) is 2.55. The molecule has 0 spiro atoms. The molecular weight excluding hydrogens is 423 g/mol. The molecule has 2 atom stereocenters. The van der Waals surface area contributed by atoms with Gasteiger partial charge in [0.1, 0.15) is 6.10 Å². The lowest BCUT2D eigenvalue weighted by molar-refractivity contribution is -0.147. The molecule has 23 heavy (non-hydrogen) atoms. The Morgan fingerprint density at radius 2 is 2.22 bits per heavy atom. The van der Waals surface area contributed by atoms with Crippen molar-refractivity contribution in [3.8, 4) is 11.2 Å². The SMILES string of the molecule is COC(=O)C(C)(CCCCC(O)C#CSI)c1cccc(C)c1. The second-order valence-electron chi connectivity index (χ2n) is 5.78. The Kier molecular flexibility index (Phi) is 9.03. The number of carbonyl (C=O) groups excluding carboxylic acids is 1. The molecule has 0 aliphatic rings. The zero-order chi connectivity index (χ0) is 17.3. The lowest BCUT2D eigenvalue weighted by atomic mass is 9.77. The van der Waals surface area contributed by atoms with E-state index in [9.17, 15) is 9.90 Å². The first-order valence-electron chi connectivity index (χ1n) is 7.55. The van der Waals surface area contributed by atoms with E-state index >= 15 is 0 Å². The first-order valence-corrected chi connectivity index (χ1v) is 10.9. The molecule has 3 nitrogen and oxygen atoms in total. The Hall–Kier alpha value is -0.710. The van der Waals surface area contributed by atoms with Gasteiger partial charge in [-0.2, -0.15) is 0 Å². The van der Waals surface area contributed by atoms with Gasteiger partial charge in [0, 0.05) is 21.2 Å². The maximum Gasteiger partial charge on any atom is 0.315 e. The molecule has 0 bridgehead atoms. The molecular formula is C18H23IO3S. The van der Waals surface area contributed by atoms with Crippen LogP contribution in [0.15, 0.2) is 24.3 Å². The van der Waals surface area contributed by atoms with Gasteiger partial charge in [0.25, 0.3) is 0 Å². The van der Waals surface area contributed by atoms with Gasteiger partial charge in [0.2, 0.25) is 0 Å². The molecule has 0 aliphatic carbocycles. The van der Waals surface area contributed by atoms with E-state index in [1.165, 1.54) is 16.0 Å². The molecule has 1 N–H and O–H groups in total. The maximum atomic E-state index is 12.3. The molecule has 0 aromatic heterocycles. The van der Waals surface area contributed by atoms with E-state index in [2.05, 4.69) is 32.4 Å². The zero-order valence-corrected chi connectivity index (χ0v) is 16.7. The van der Waals surface area contributed by atoms with Crippen molar-refractivity contribution in [1.82, 2.24) is 0 Å². The molecule has 0 fully saturated rings. The van der Waals surface area contributed by atoms with Gasteiger partial charge in [0.15, 0.2) is 0 Å². The number of halogens is 1. The Balaban J connectivity index is 2.71. The molecule has 1 rings (SSSR count). The van der Waals surface area contributed by atoms with Crippen LogP contribution in [0.25, 0.3) is 0 Å². The number of aliphatic hydroxyl groups is 1. The van der Waals surface area contributed by atoms with Crippen LogP contribution in [-0.2, 0) is 14.9 Å². The zero-order valence-electron chi connectivity index (χ0n) is 13.8. The van der Waals surface area contributed by atoms with Crippen molar-refractivity contribution in [3.05, 3.63) is 35.4 Å². The van der Waals surface area contributed by atoms with E-state index in [-0.39, 0.29) is 5.97 Å². The fraction of sp³-hybridized carbons (Fsp3) is 0.500. The third-order valence-electron chi connectivity index (χ3n) is 3.96. The van der Waals surface area contributed by atoms with Gasteiger partial charge < -0.3 is 9.84 Å². The van der Waals surface area contributed by atoms with Gasteiger partial charge in [-0.05, 0) is 52.9 Å². The molecule has 1 aromatic carbocycles. The van der Waals surface area contributed by atoms with Crippen LogP contribution >= 0.6 is 30.1 Å². The van der Waals surface area contributed by atoms with Crippen molar-refractivity contribution in [2.45, 2.75) is 51.0 Å². The third-order valence-corrected chi connectivity index (χ3v) is 4.82. The maximum absolute atomic E-state index is 12.3. The van der Waals surface area contributed by atoms with Crippen molar-refractivity contribution < 1.29 is 14.6 Å². The first kappa shape index (κ1) is 20.3. The van der Waals surface area contributed by atoms with Crippen molar-refractivity contribution >= 4 is 36.1 Å². The van der Waals surface area contributed by atoms with Crippen molar-refractivity contribution in [2.24, 2.45) is 0 Å². The number of hydrogen-bond donors (Lipinski definition) is 1. The summed E-state index contributed by atoms with van der Waals surface area (Å²) >= 11 is 2.08. The molecule has 0 aliphatic heterocycles. The number of unbranched alkanes of at least 4 members (excludes halogenated alkanes) is 1. The summed E-state index contributed by atoms with van der Waals surface area (Å²) in [7, 11) is 2.79. The molecule has 0 heterocycles. The van der Waals surface area contributed by atoms with Crippen LogP contribution in [0, 0.1) is 18.1 Å². The molecule has 0 saturated heterocycles. The van der Waals surface area contributed by atoms with Crippen LogP contribution in [0.4, 0.5) is 0 Å². The van der Waals surface area contributed by atoms with Crippen molar-refractivity contribution in [2.75, 3.05) is 7.11 Å². The largest absolute Gasteiger partial charge is 0.468 e. The highest BCUT2D eigenvalue weighted by Gasteiger charge is 2.35. The van der Waals surface area contributed by atoms with E-state index in [4.69, 9.17) is 4.74 Å². The minimum Gasteiger partial charge on any atom is -0.468 e. The van der Waals surface area contributed by atoms with Gasteiger partial charge in [-0.15, -0.1) is 0 Å².